The van der Waals surface area contributed by atoms with Crippen LogP contribution in [0.3, 0.4) is 0 Å². The minimum absolute atomic E-state index is 0.0514. The largest absolute Gasteiger partial charge is 0.496 e. The molecule has 3 aromatic heterocycles. The molecule has 0 aliphatic carbocycles. The maximum absolute atomic E-state index is 13.7. The molecule has 0 bridgehead atoms. The van der Waals surface area contributed by atoms with E-state index in [1.165, 1.54) is 0 Å². The minimum atomic E-state index is -0.0514. The van der Waals surface area contributed by atoms with Crippen molar-refractivity contribution < 1.29 is 9.53 Å². The van der Waals surface area contributed by atoms with Crippen LogP contribution in [-0.4, -0.2) is 32.7 Å². The summed E-state index contributed by atoms with van der Waals surface area (Å²) in [5.74, 6) is 0.722. The zero-order valence-corrected chi connectivity index (χ0v) is 18.4. The SMILES string of the molecule is COc1ccccc1CN(Cc1cccs1)C(=O)c1cc2c(C)nn(C)c2nc1C. The number of ether oxygens (including phenoxy) is 1. The average Bonchev–Trinajstić information content (AvgIpc) is 3.34. The number of carbonyl (C=O) groups excluding carboxylic acids is 1. The van der Waals surface area contributed by atoms with Crippen LogP contribution in [0.4, 0.5) is 0 Å². The number of carbonyl (C=O) groups is 1. The third-order valence-electron chi connectivity index (χ3n) is 5.19. The highest BCUT2D eigenvalue weighted by Gasteiger charge is 2.22. The lowest BCUT2D eigenvalue weighted by Crippen LogP contribution is -2.30. The van der Waals surface area contributed by atoms with Crippen LogP contribution in [0.25, 0.3) is 11.0 Å². The lowest BCUT2D eigenvalue weighted by Gasteiger charge is -2.24. The first-order valence-electron chi connectivity index (χ1n) is 9.72. The quantitative estimate of drug-likeness (QED) is 0.461. The second kappa shape index (κ2) is 8.28. The number of thiophene rings is 1. The number of rotatable bonds is 6. The van der Waals surface area contributed by atoms with Crippen molar-refractivity contribution in [3.63, 3.8) is 0 Å². The fourth-order valence-electron chi connectivity index (χ4n) is 3.65. The molecule has 0 saturated heterocycles. The zero-order valence-electron chi connectivity index (χ0n) is 17.5. The number of pyridine rings is 1. The first-order valence-corrected chi connectivity index (χ1v) is 10.6. The van der Waals surface area contributed by atoms with Crippen molar-refractivity contribution in [2.45, 2.75) is 26.9 Å². The van der Waals surface area contributed by atoms with E-state index in [1.54, 1.807) is 23.1 Å². The van der Waals surface area contributed by atoms with E-state index < -0.39 is 0 Å². The summed E-state index contributed by atoms with van der Waals surface area (Å²) in [4.78, 5) is 21.3. The Labute approximate surface area is 179 Å². The molecular formula is C23H24N4O2S. The average molecular weight is 421 g/mol. The van der Waals surface area contributed by atoms with E-state index in [2.05, 4.69) is 10.1 Å². The van der Waals surface area contributed by atoms with Crippen LogP contribution >= 0.6 is 11.3 Å². The highest BCUT2D eigenvalue weighted by Crippen LogP contribution is 2.25. The van der Waals surface area contributed by atoms with Gasteiger partial charge in [-0.15, -0.1) is 11.3 Å². The molecule has 0 fully saturated rings. The fraction of sp³-hybridized carbons (Fsp3) is 0.261. The molecule has 6 nitrogen and oxygen atoms in total. The number of fused-ring (bicyclic) bond motifs is 1. The number of methoxy groups -OCH3 is 1. The van der Waals surface area contributed by atoms with Gasteiger partial charge in [0, 0.05) is 22.9 Å². The standard InChI is InChI=1S/C23H24N4O2S/c1-15-20(12-19-16(2)25-26(3)22(19)24-15)23(28)27(14-18-9-7-11-30-18)13-17-8-5-6-10-21(17)29-4/h5-12H,13-14H2,1-4H3. The van der Waals surface area contributed by atoms with Crippen LogP contribution in [0.2, 0.25) is 0 Å². The molecule has 3 heterocycles. The van der Waals surface area contributed by atoms with Crippen molar-refractivity contribution in [1.82, 2.24) is 19.7 Å². The first-order chi connectivity index (χ1) is 14.5. The van der Waals surface area contributed by atoms with Gasteiger partial charge in [0.2, 0.25) is 0 Å². The highest BCUT2D eigenvalue weighted by atomic mass is 32.1. The fourth-order valence-corrected chi connectivity index (χ4v) is 4.37. The zero-order chi connectivity index (χ0) is 21.3. The van der Waals surface area contributed by atoms with Crippen LogP contribution < -0.4 is 4.74 Å². The number of hydrogen-bond donors (Lipinski definition) is 0. The van der Waals surface area contributed by atoms with Gasteiger partial charge in [0.15, 0.2) is 5.65 Å². The number of aromatic nitrogens is 3. The second-order valence-electron chi connectivity index (χ2n) is 7.25. The Hall–Kier alpha value is -3.19. The molecule has 0 aliphatic rings. The molecule has 4 aromatic rings. The minimum Gasteiger partial charge on any atom is -0.496 e. The number of aryl methyl sites for hydroxylation is 3. The summed E-state index contributed by atoms with van der Waals surface area (Å²) < 4.78 is 7.26. The number of amides is 1. The van der Waals surface area contributed by atoms with Gasteiger partial charge in [-0.1, -0.05) is 24.3 Å². The van der Waals surface area contributed by atoms with E-state index in [4.69, 9.17) is 4.74 Å². The molecule has 7 heteroatoms. The lowest BCUT2D eigenvalue weighted by molar-refractivity contribution is 0.0729. The predicted octanol–water partition coefficient (Wildman–Crippen LogP) is 4.50. The van der Waals surface area contributed by atoms with Gasteiger partial charge in [0.25, 0.3) is 5.91 Å². The smallest absolute Gasteiger partial charge is 0.256 e. The van der Waals surface area contributed by atoms with Crippen LogP contribution in [0.5, 0.6) is 5.75 Å². The van der Waals surface area contributed by atoms with Crippen LogP contribution in [0.15, 0.2) is 47.8 Å². The molecule has 0 N–H and O–H groups in total. The van der Waals surface area contributed by atoms with Crippen LogP contribution in [0, 0.1) is 13.8 Å². The van der Waals surface area contributed by atoms with E-state index in [0.717, 1.165) is 32.9 Å². The van der Waals surface area contributed by atoms with Crippen molar-refractivity contribution in [3.8, 4) is 5.75 Å². The Morgan fingerprint density at radius 2 is 1.93 bits per heavy atom. The molecular weight excluding hydrogens is 396 g/mol. The number of hydrogen-bond acceptors (Lipinski definition) is 5. The molecule has 0 atom stereocenters. The molecule has 0 unspecified atom stereocenters. The molecule has 0 spiro atoms. The van der Waals surface area contributed by atoms with Crippen molar-refractivity contribution in [2.75, 3.05) is 7.11 Å². The van der Waals surface area contributed by atoms with Gasteiger partial charge in [-0.25, -0.2) is 4.98 Å². The lowest BCUT2D eigenvalue weighted by atomic mass is 10.1. The van der Waals surface area contributed by atoms with Crippen LogP contribution in [0.1, 0.15) is 32.2 Å². The van der Waals surface area contributed by atoms with Gasteiger partial charge in [0.05, 0.1) is 37.2 Å². The predicted molar refractivity (Wildman–Crippen MR) is 119 cm³/mol. The molecule has 154 valence electrons. The molecule has 30 heavy (non-hydrogen) atoms. The van der Waals surface area contributed by atoms with E-state index in [9.17, 15) is 4.79 Å². The van der Waals surface area contributed by atoms with Gasteiger partial charge < -0.3 is 9.64 Å². The summed E-state index contributed by atoms with van der Waals surface area (Å²) >= 11 is 1.64. The second-order valence-corrected chi connectivity index (χ2v) is 8.29. The topological polar surface area (TPSA) is 60.2 Å². The molecule has 1 amide bonds. The number of para-hydroxylation sites is 1. The van der Waals surface area contributed by atoms with Crippen molar-refractivity contribution >= 4 is 28.3 Å². The molecule has 0 saturated carbocycles. The molecule has 0 radical (unpaired) electrons. The van der Waals surface area contributed by atoms with Gasteiger partial charge in [-0.2, -0.15) is 5.10 Å². The Balaban J connectivity index is 1.74. The van der Waals surface area contributed by atoms with Gasteiger partial charge in [-0.3, -0.25) is 9.48 Å². The van der Waals surface area contributed by atoms with Gasteiger partial charge in [0.1, 0.15) is 5.75 Å². The summed E-state index contributed by atoms with van der Waals surface area (Å²) in [5.41, 5.74) is 3.92. The Bertz CT molecular complexity index is 1200. The van der Waals surface area contributed by atoms with E-state index in [0.29, 0.717) is 24.3 Å². The summed E-state index contributed by atoms with van der Waals surface area (Å²) in [6.45, 7) is 4.79. The van der Waals surface area contributed by atoms with E-state index >= 15 is 0 Å². The summed E-state index contributed by atoms with van der Waals surface area (Å²) in [5, 5.41) is 7.37. The molecule has 1 aromatic carbocycles. The monoisotopic (exact) mass is 420 g/mol. The van der Waals surface area contributed by atoms with Crippen LogP contribution in [-0.2, 0) is 20.1 Å². The third-order valence-corrected chi connectivity index (χ3v) is 6.05. The molecule has 0 aliphatic heterocycles. The summed E-state index contributed by atoms with van der Waals surface area (Å²) in [7, 11) is 3.52. The third kappa shape index (κ3) is 3.80. The number of nitrogens with zero attached hydrogens (tertiary/aromatic N) is 4. The highest BCUT2D eigenvalue weighted by molar-refractivity contribution is 7.09. The van der Waals surface area contributed by atoms with E-state index in [-0.39, 0.29) is 5.91 Å². The summed E-state index contributed by atoms with van der Waals surface area (Å²) in [6, 6.07) is 13.8. The Morgan fingerprint density at radius 1 is 1.13 bits per heavy atom. The van der Waals surface area contributed by atoms with Crippen molar-refractivity contribution in [1.29, 1.82) is 0 Å². The maximum Gasteiger partial charge on any atom is 0.256 e. The van der Waals surface area contributed by atoms with Crippen molar-refractivity contribution in [2.24, 2.45) is 7.05 Å². The number of benzene rings is 1. The Morgan fingerprint density at radius 3 is 2.67 bits per heavy atom. The van der Waals surface area contributed by atoms with Gasteiger partial charge >= 0.3 is 0 Å². The van der Waals surface area contributed by atoms with Gasteiger partial charge in [-0.05, 0) is 37.4 Å². The van der Waals surface area contributed by atoms with Crippen molar-refractivity contribution in [3.05, 3.63) is 75.2 Å². The maximum atomic E-state index is 13.7. The van der Waals surface area contributed by atoms with E-state index in [1.807, 2.05) is 73.6 Å². The molecule has 4 rings (SSSR count). The first kappa shape index (κ1) is 20.1. The Kier molecular flexibility index (Phi) is 5.55. The normalized spacial score (nSPS) is 11.1. The summed E-state index contributed by atoms with van der Waals surface area (Å²) in [6.07, 6.45) is 0.